The molecule has 5 aliphatic rings. The highest BCUT2D eigenvalue weighted by Crippen LogP contribution is 2.71. The molecule has 0 unspecified atom stereocenters. The minimum absolute atomic E-state index is 0.0747. The molecule has 15 rings (SSSR count). The summed E-state index contributed by atoms with van der Waals surface area (Å²) in [4.78, 5) is 19.6. The standard InChI is InChI=1S/C63H49N5/c1-37(2)52-36-55-57(53-35-46(64-3)25-28-54(53)63(55)44-30-38-29-39(32-44)33-45(63)31-38)59-56(52)51-27-26-49-48(40-15-7-4-8-16-40)23-14-24-50(49)58(51)68(59)47-22-13-21-43(34-47)62-66-60(41-17-9-5-10-18-41)65-61(67-62)42-19-11-6-12-20-42/h4-28,34-39,44-45H,29-33H2,1-2H3. The van der Waals surface area contributed by atoms with Crippen molar-refractivity contribution in [3.05, 3.63) is 198 Å². The number of benzene rings is 8. The average molecular weight is 876 g/mol. The van der Waals surface area contributed by atoms with Crippen molar-refractivity contribution in [2.75, 3.05) is 0 Å². The molecule has 0 N–H and O–H groups in total. The van der Waals surface area contributed by atoms with Crippen molar-refractivity contribution in [2.45, 2.75) is 57.3 Å². The molecule has 5 heteroatoms. The molecule has 68 heavy (non-hydrogen) atoms. The first kappa shape index (κ1) is 39.5. The van der Waals surface area contributed by atoms with Crippen LogP contribution in [0.5, 0.6) is 0 Å². The zero-order valence-corrected chi connectivity index (χ0v) is 38.3. The summed E-state index contributed by atoms with van der Waals surface area (Å²) in [5.74, 6) is 5.02. The van der Waals surface area contributed by atoms with E-state index in [-0.39, 0.29) is 11.3 Å². The van der Waals surface area contributed by atoms with E-state index in [9.17, 15) is 0 Å². The topological polar surface area (TPSA) is 48.0 Å². The maximum Gasteiger partial charge on any atom is 0.187 e. The van der Waals surface area contributed by atoms with E-state index in [0.717, 1.165) is 34.2 Å². The van der Waals surface area contributed by atoms with E-state index >= 15 is 0 Å². The minimum Gasteiger partial charge on any atom is -0.308 e. The Morgan fingerprint density at radius 2 is 1.10 bits per heavy atom. The van der Waals surface area contributed by atoms with E-state index in [0.29, 0.717) is 35.0 Å². The van der Waals surface area contributed by atoms with Crippen molar-refractivity contribution in [3.63, 3.8) is 0 Å². The Kier molecular flexibility index (Phi) is 8.66. The molecular formula is C63H49N5. The van der Waals surface area contributed by atoms with Gasteiger partial charge in [0.15, 0.2) is 23.2 Å². The number of rotatable bonds is 6. The number of hydrogen-bond donors (Lipinski definition) is 0. The molecule has 0 amide bonds. The number of nitrogens with zero attached hydrogens (tertiary/aromatic N) is 5. The Labute approximate surface area is 397 Å². The fraction of sp³-hybridized carbons (Fsp3) is 0.206. The van der Waals surface area contributed by atoms with E-state index < -0.39 is 0 Å². The molecule has 4 bridgehead atoms. The van der Waals surface area contributed by atoms with Gasteiger partial charge in [0.2, 0.25) is 0 Å². The van der Waals surface area contributed by atoms with Gasteiger partial charge in [-0.05, 0) is 119 Å². The molecular weight excluding hydrogens is 827 g/mol. The molecule has 4 fully saturated rings. The molecule has 326 valence electrons. The fourth-order valence-electron chi connectivity index (χ4n) is 14.1. The van der Waals surface area contributed by atoms with Crippen molar-refractivity contribution >= 4 is 38.3 Å². The second-order valence-corrected chi connectivity index (χ2v) is 20.4. The second-order valence-electron chi connectivity index (χ2n) is 20.4. The van der Waals surface area contributed by atoms with Crippen LogP contribution in [-0.2, 0) is 5.41 Å². The molecule has 0 radical (unpaired) electrons. The summed E-state index contributed by atoms with van der Waals surface area (Å²) in [6, 6.07) is 61.2. The third-order valence-electron chi connectivity index (χ3n) is 16.6. The summed E-state index contributed by atoms with van der Waals surface area (Å²) >= 11 is 0. The summed E-state index contributed by atoms with van der Waals surface area (Å²) < 4.78 is 2.61. The normalized spacial score (nSPS) is 21.0. The maximum atomic E-state index is 8.33. The van der Waals surface area contributed by atoms with Gasteiger partial charge in [0.1, 0.15) is 0 Å². The van der Waals surface area contributed by atoms with Gasteiger partial charge in [-0.1, -0.05) is 166 Å². The van der Waals surface area contributed by atoms with E-state index in [1.54, 1.807) is 0 Å². The van der Waals surface area contributed by atoms with Crippen LogP contribution in [0.1, 0.15) is 68.6 Å². The lowest BCUT2D eigenvalue weighted by Crippen LogP contribution is -2.55. The fourth-order valence-corrected chi connectivity index (χ4v) is 14.1. The van der Waals surface area contributed by atoms with Gasteiger partial charge in [-0.25, -0.2) is 19.8 Å². The van der Waals surface area contributed by atoms with Gasteiger partial charge in [0.25, 0.3) is 0 Å². The summed E-state index contributed by atoms with van der Waals surface area (Å²) in [5.41, 5.74) is 16.3. The molecule has 5 nitrogen and oxygen atoms in total. The number of hydrogen-bond acceptors (Lipinski definition) is 3. The molecule has 4 saturated carbocycles. The van der Waals surface area contributed by atoms with E-state index in [1.807, 2.05) is 36.4 Å². The molecule has 0 atom stereocenters. The third kappa shape index (κ3) is 5.64. The Morgan fingerprint density at radius 3 is 1.74 bits per heavy atom. The first-order valence-corrected chi connectivity index (χ1v) is 24.6. The number of fused-ring (bicyclic) bond motifs is 9. The molecule has 10 aromatic rings. The summed E-state index contributed by atoms with van der Waals surface area (Å²) in [6.07, 6.45) is 6.59. The van der Waals surface area contributed by atoms with Crippen LogP contribution in [0.3, 0.4) is 0 Å². The van der Waals surface area contributed by atoms with Gasteiger partial charge in [-0.3, -0.25) is 0 Å². The monoisotopic (exact) mass is 875 g/mol. The van der Waals surface area contributed by atoms with Crippen LogP contribution in [0.4, 0.5) is 5.69 Å². The summed E-state index contributed by atoms with van der Waals surface area (Å²) in [6.45, 7) is 13.1. The highest BCUT2D eigenvalue weighted by atomic mass is 15.0. The summed E-state index contributed by atoms with van der Waals surface area (Å²) in [7, 11) is 0. The highest BCUT2D eigenvalue weighted by molar-refractivity contribution is 6.24. The average Bonchev–Trinajstić information content (AvgIpc) is 3.89. The molecule has 8 aromatic carbocycles. The van der Waals surface area contributed by atoms with Crippen LogP contribution in [0.15, 0.2) is 170 Å². The van der Waals surface area contributed by atoms with Crippen LogP contribution in [0.2, 0.25) is 0 Å². The maximum absolute atomic E-state index is 8.33. The lowest BCUT2D eigenvalue weighted by molar-refractivity contribution is -0.0399. The van der Waals surface area contributed by atoms with E-state index in [2.05, 4.69) is 157 Å². The predicted octanol–water partition coefficient (Wildman–Crippen LogP) is 16.2. The Hall–Kier alpha value is -7.68. The van der Waals surface area contributed by atoms with Crippen molar-refractivity contribution in [3.8, 4) is 62.1 Å². The molecule has 1 spiro atoms. The second kappa shape index (κ2) is 14.9. The molecule has 2 heterocycles. The number of aromatic nitrogens is 4. The van der Waals surface area contributed by atoms with Crippen LogP contribution in [0, 0.1) is 30.2 Å². The molecule has 0 saturated heterocycles. The first-order valence-electron chi connectivity index (χ1n) is 24.6. The minimum atomic E-state index is -0.0747. The van der Waals surface area contributed by atoms with Gasteiger partial charge in [-0.2, -0.15) is 0 Å². The van der Waals surface area contributed by atoms with E-state index in [4.69, 9.17) is 21.5 Å². The largest absolute Gasteiger partial charge is 0.308 e. The van der Waals surface area contributed by atoms with Gasteiger partial charge in [0.05, 0.1) is 17.6 Å². The van der Waals surface area contributed by atoms with E-state index in [1.165, 1.54) is 104 Å². The van der Waals surface area contributed by atoms with Gasteiger partial charge >= 0.3 is 0 Å². The smallest absolute Gasteiger partial charge is 0.187 e. The SMILES string of the molecule is [C-]#[N+]c1ccc2c(c1)-c1c(cc(C(C)C)c3c4ccc5c(-c6ccccc6)cccc5c4n(-c4cccc(-c5nc(-c6ccccc6)nc(-c6ccccc6)n5)c4)c13)C21C2CC3CC(C2)CC1C3. The van der Waals surface area contributed by atoms with Crippen molar-refractivity contribution in [1.29, 1.82) is 0 Å². The summed E-state index contributed by atoms with van der Waals surface area (Å²) in [5, 5.41) is 5.00. The third-order valence-corrected chi connectivity index (χ3v) is 16.6. The molecule has 5 aliphatic carbocycles. The van der Waals surface area contributed by atoms with Gasteiger partial charge in [-0.15, -0.1) is 0 Å². The molecule has 0 aliphatic heterocycles. The van der Waals surface area contributed by atoms with Crippen molar-refractivity contribution in [1.82, 2.24) is 19.5 Å². The van der Waals surface area contributed by atoms with Crippen LogP contribution >= 0.6 is 0 Å². The highest BCUT2D eigenvalue weighted by Gasteiger charge is 2.62. The van der Waals surface area contributed by atoms with Crippen LogP contribution in [-0.4, -0.2) is 19.5 Å². The van der Waals surface area contributed by atoms with Crippen molar-refractivity contribution < 1.29 is 0 Å². The first-order chi connectivity index (χ1) is 33.5. The van der Waals surface area contributed by atoms with Crippen molar-refractivity contribution in [2.24, 2.45) is 23.7 Å². The van der Waals surface area contributed by atoms with Gasteiger partial charge < -0.3 is 4.57 Å². The van der Waals surface area contributed by atoms with Crippen LogP contribution in [0.25, 0.3) is 99.5 Å². The Balaban J connectivity index is 1.12. The van der Waals surface area contributed by atoms with Crippen LogP contribution < -0.4 is 0 Å². The Bertz CT molecular complexity index is 3640. The molecule has 2 aromatic heterocycles. The van der Waals surface area contributed by atoms with Gasteiger partial charge in [0, 0.05) is 49.5 Å². The Morgan fingerprint density at radius 1 is 0.515 bits per heavy atom. The zero-order chi connectivity index (χ0) is 45.3. The predicted molar refractivity (Wildman–Crippen MR) is 277 cm³/mol. The lowest BCUT2D eigenvalue weighted by Gasteiger charge is -2.61. The lowest BCUT2D eigenvalue weighted by atomic mass is 9.43. The quantitative estimate of drug-likeness (QED) is 0.156. The zero-order valence-electron chi connectivity index (χ0n) is 38.3.